The summed E-state index contributed by atoms with van der Waals surface area (Å²) in [4.78, 5) is 12.5. The molecule has 0 radical (unpaired) electrons. The highest BCUT2D eigenvalue weighted by Gasteiger charge is 2.45. The van der Waals surface area contributed by atoms with E-state index in [0.717, 1.165) is 5.56 Å². The van der Waals surface area contributed by atoms with Crippen LogP contribution in [-0.2, 0) is 4.79 Å². The molecule has 0 bridgehead atoms. The van der Waals surface area contributed by atoms with Crippen molar-refractivity contribution in [1.82, 2.24) is 5.32 Å². The summed E-state index contributed by atoms with van der Waals surface area (Å²) in [7, 11) is 3.18. The van der Waals surface area contributed by atoms with E-state index in [4.69, 9.17) is 9.47 Å². The number of ether oxygens (including phenoxy) is 2. The number of carbonyl (C=O) groups excluding carboxylic acids is 1. The number of rotatable bonds is 6. The van der Waals surface area contributed by atoms with Gasteiger partial charge in [0.05, 0.1) is 20.3 Å². The van der Waals surface area contributed by atoms with Crippen molar-refractivity contribution in [1.29, 1.82) is 0 Å². The molecular weight excluding hydrogens is 321 g/mol. The monoisotopic (exact) mass is 343 g/mol. The highest BCUT2D eigenvalue weighted by molar-refractivity contribution is 5.83. The van der Waals surface area contributed by atoms with Crippen LogP contribution in [0.25, 0.3) is 0 Å². The molecule has 0 saturated heterocycles. The molecule has 2 aromatic carbocycles. The van der Waals surface area contributed by atoms with Crippen molar-refractivity contribution in [3.63, 3.8) is 0 Å². The fraction of sp³-hybridized carbons (Fsp3) is 0.350. The van der Waals surface area contributed by atoms with Gasteiger partial charge in [0.25, 0.3) is 0 Å². The van der Waals surface area contributed by atoms with Crippen LogP contribution in [0.3, 0.4) is 0 Å². The second-order valence-electron chi connectivity index (χ2n) is 6.31. The molecule has 1 aliphatic rings. The van der Waals surface area contributed by atoms with E-state index in [2.05, 4.69) is 5.32 Å². The SMILES string of the molecule is COc1ccc(C(C)NC(=O)C2CC2c2ccccc2F)c(OC)c1. The first-order valence-corrected chi connectivity index (χ1v) is 8.32. The van der Waals surface area contributed by atoms with Crippen molar-refractivity contribution in [3.05, 3.63) is 59.4 Å². The molecule has 5 heteroatoms. The third kappa shape index (κ3) is 3.60. The van der Waals surface area contributed by atoms with Crippen LogP contribution in [0.5, 0.6) is 11.5 Å². The predicted molar refractivity (Wildman–Crippen MR) is 93.4 cm³/mol. The molecule has 1 N–H and O–H groups in total. The van der Waals surface area contributed by atoms with Crippen LogP contribution >= 0.6 is 0 Å². The van der Waals surface area contributed by atoms with Crippen molar-refractivity contribution >= 4 is 5.91 Å². The maximum absolute atomic E-state index is 13.9. The summed E-state index contributed by atoms with van der Waals surface area (Å²) < 4.78 is 24.4. The van der Waals surface area contributed by atoms with E-state index in [1.54, 1.807) is 38.5 Å². The van der Waals surface area contributed by atoms with Gasteiger partial charge in [-0.05, 0) is 43.0 Å². The largest absolute Gasteiger partial charge is 0.497 e. The number of benzene rings is 2. The molecule has 0 heterocycles. The van der Waals surface area contributed by atoms with Gasteiger partial charge in [0.1, 0.15) is 17.3 Å². The second kappa shape index (κ2) is 7.13. The number of hydrogen-bond acceptors (Lipinski definition) is 3. The van der Waals surface area contributed by atoms with Crippen LogP contribution in [0, 0.1) is 11.7 Å². The fourth-order valence-corrected chi connectivity index (χ4v) is 3.18. The standard InChI is InChI=1S/C20H22FNO3/c1-12(14-9-8-13(24-2)10-19(14)25-3)22-20(23)17-11-16(17)15-6-4-5-7-18(15)21/h4-10,12,16-17H,11H2,1-3H3,(H,22,23). The lowest BCUT2D eigenvalue weighted by atomic mass is 10.1. The van der Waals surface area contributed by atoms with Crippen LogP contribution in [0.4, 0.5) is 4.39 Å². The lowest BCUT2D eigenvalue weighted by Crippen LogP contribution is -2.28. The van der Waals surface area contributed by atoms with Gasteiger partial charge in [-0.3, -0.25) is 4.79 Å². The van der Waals surface area contributed by atoms with Gasteiger partial charge in [0, 0.05) is 17.5 Å². The summed E-state index contributed by atoms with van der Waals surface area (Å²) in [6.45, 7) is 1.91. The van der Waals surface area contributed by atoms with E-state index in [1.165, 1.54) is 6.07 Å². The lowest BCUT2D eigenvalue weighted by Gasteiger charge is -2.18. The normalized spacial score (nSPS) is 19.8. The van der Waals surface area contributed by atoms with Gasteiger partial charge in [0.15, 0.2) is 0 Å². The van der Waals surface area contributed by atoms with Gasteiger partial charge >= 0.3 is 0 Å². The Bertz CT molecular complexity index is 777. The first-order valence-electron chi connectivity index (χ1n) is 8.32. The summed E-state index contributed by atoms with van der Waals surface area (Å²) in [5.41, 5.74) is 1.50. The van der Waals surface area contributed by atoms with E-state index in [9.17, 15) is 9.18 Å². The minimum absolute atomic E-state index is 0.0360. The average Bonchev–Trinajstić information content (AvgIpc) is 3.42. The Balaban J connectivity index is 1.67. The Morgan fingerprint density at radius 2 is 1.96 bits per heavy atom. The number of halogens is 1. The molecule has 1 aliphatic carbocycles. The molecule has 0 aliphatic heterocycles. The van der Waals surface area contributed by atoms with Gasteiger partial charge < -0.3 is 14.8 Å². The third-order valence-corrected chi connectivity index (χ3v) is 4.70. The molecule has 25 heavy (non-hydrogen) atoms. The molecular formula is C20H22FNO3. The molecule has 2 aromatic rings. The molecule has 0 spiro atoms. The van der Waals surface area contributed by atoms with Crippen LogP contribution < -0.4 is 14.8 Å². The molecule has 0 aromatic heterocycles. The molecule has 132 valence electrons. The van der Waals surface area contributed by atoms with Gasteiger partial charge in [0.2, 0.25) is 5.91 Å². The second-order valence-corrected chi connectivity index (χ2v) is 6.31. The molecule has 4 nitrogen and oxygen atoms in total. The highest BCUT2D eigenvalue weighted by Crippen LogP contribution is 2.48. The number of amides is 1. The van der Waals surface area contributed by atoms with E-state index < -0.39 is 0 Å². The number of methoxy groups -OCH3 is 2. The summed E-state index contributed by atoms with van der Waals surface area (Å²) in [6.07, 6.45) is 0.680. The maximum atomic E-state index is 13.9. The number of carbonyl (C=O) groups is 1. The molecule has 1 amide bonds. The topological polar surface area (TPSA) is 47.6 Å². The predicted octanol–water partition coefficient (Wildman–Crippen LogP) is 3.82. The third-order valence-electron chi connectivity index (χ3n) is 4.70. The summed E-state index contributed by atoms with van der Waals surface area (Å²) in [5, 5.41) is 3.01. The maximum Gasteiger partial charge on any atom is 0.224 e. The van der Waals surface area contributed by atoms with Gasteiger partial charge in [-0.2, -0.15) is 0 Å². The molecule has 3 rings (SSSR count). The van der Waals surface area contributed by atoms with Crippen LogP contribution in [0.1, 0.15) is 36.4 Å². The lowest BCUT2D eigenvalue weighted by molar-refractivity contribution is -0.123. The van der Waals surface area contributed by atoms with Gasteiger partial charge in [-0.25, -0.2) is 4.39 Å². The Morgan fingerprint density at radius 1 is 1.20 bits per heavy atom. The van der Waals surface area contributed by atoms with Crippen molar-refractivity contribution < 1.29 is 18.7 Å². The van der Waals surface area contributed by atoms with Crippen molar-refractivity contribution in [2.45, 2.75) is 25.3 Å². The van der Waals surface area contributed by atoms with E-state index in [0.29, 0.717) is 23.5 Å². The van der Waals surface area contributed by atoms with Gasteiger partial charge in [-0.1, -0.05) is 18.2 Å². The number of hydrogen-bond donors (Lipinski definition) is 1. The van der Waals surface area contributed by atoms with Crippen LogP contribution in [0.2, 0.25) is 0 Å². The summed E-state index contributed by atoms with van der Waals surface area (Å²) in [6, 6.07) is 11.9. The zero-order valence-electron chi connectivity index (χ0n) is 14.6. The van der Waals surface area contributed by atoms with Crippen LogP contribution in [0.15, 0.2) is 42.5 Å². The molecule has 3 unspecified atom stereocenters. The minimum atomic E-state index is -0.243. The molecule has 3 atom stereocenters. The zero-order valence-corrected chi connectivity index (χ0v) is 14.6. The summed E-state index contributed by atoms with van der Waals surface area (Å²) >= 11 is 0. The Hall–Kier alpha value is -2.56. The zero-order chi connectivity index (χ0) is 18.0. The minimum Gasteiger partial charge on any atom is -0.497 e. The van der Waals surface area contributed by atoms with E-state index in [1.807, 2.05) is 19.1 Å². The Kier molecular flexibility index (Phi) is 4.93. The van der Waals surface area contributed by atoms with Crippen molar-refractivity contribution in [2.75, 3.05) is 14.2 Å². The smallest absolute Gasteiger partial charge is 0.224 e. The van der Waals surface area contributed by atoms with Gasteiger partial charge in [-0.15, -0.1) is 0 Å². The quantitative estimate of drug-likeness (QED) is 0.867. The van der Waals surface area contributed by atoms with Crippen LogP contribution in [-0.4, -0.2) is 20.1 Å². The van der Waals surface area contributed by atoms with Crippen molar-refractivity contribution in [2.24, 2.45) is 5.92 Å². The molecule has 1 saturated carbocycles. The summed E-state index contributed by atoms with van der Waals surface area (Å²) in [5.74, 6) is 0.843. The molecule has 1 fully saturated rings. The first kappa shape index (κ1) is 17.3. The first-order chi connectivity index (χ1) is 12.0. The fourth-order valence-electron chi connectivity index (χ4n) is 3.18. The number of nitrogens with one attached hydrogen (secondary N) is 1. The Labute approximate surface area is 147 Å². The highest BCUT2D eigenvalue weighted by atomic mass is 19.1. The van der Waals surface area contributed by atoms with E-state index >= 15 is 0 Å². The Morgan fingerprint density at radius 3 is 2.64 bits per heavy atom. The van der Waals surface area contributed by atoms with E-state index in [-0.39, 0.29) is 29.6 Å². The van der Waals surface area contributed by atoms with Crippen molar-refractivity contribution in [3.8, 4) is 11.5 Å². The average molecular weight is 343 g/mol.